The Hall–Kier alpha value is -5.33. The highest BCUT2D eigenvalue weighted by Gasteiger charge is 2.30. The Morgan fingerprint density at radius 1 is 0.816 bits per heavy atom. The SMILES string of the molecule is COc1ccc(CN(Cc2ccc(OC)cc2)c2ncc(-c3nc(N4CCOCC4)nc4c3CCN4C(=S)Nc3ccccc3)cn2)cc1. The molecule has 1 saturated heterocycles. The standard InChI is InChI=1S/C37H38N8O3S/c1-46-30-12-8-26(9-13-30)24-44(25-27-10-14-31(47-2)15-11-27)35-38-22-28(23-39-35)33-32-16-17-45(37(49)40-29-6-4-3-5-7-29)34(32)42-36(41-33)43-18-20-48-21-19-43/h3-15,22-23H,16-21,24-25H2,1-2H3,(H,40,49). The van der Waals surface area contributed by atoms with E-state index in [0.29, 0.717) is 62.9 Å². The number of rotatable bonds is 10. The minimum absolute atomic E-state index is 0.599. The summed E-state index contributed by atoms with van der Waals surface area (Å²) in [6, 6.07) is 26.1. The molecule has 7 rings (SSSR count). The van der Waals surface area contributed by atoms with Gasteiger partial charge in [0.15, 0.2) is 5.11 Å². The van der Waals surface area contributed by atoms with Gasteiger partial charge in [0.25, 0.3) is 0 Å². The fraction of sp³-hybridized carbons (Fsp3) is 0.270. The maximum absolute atomic E-state index is 5.89. The predicted octanol–water partition coefficient (Wildman–Crippen LogP) is 5.75. The molecule has 12 heteroatoms. The summed E-state index contributed by atoms with van der Waals surface area (Å²) in [5.41, 5.74) is 5.84. The lowest BCUT2D eigenvalue weighted by molar-refractivity contribution is 0.122. The number of morpholine rings is 1. The van der Waals surface area contributed by atoms with Crippen molar-refractivity contribution in [3.05, 3.63) is 108 Å². The van der Waals surface area contributed by atoms with Crippen LogP contribution in [0.4, 0.5) is 23.4 Å². The number of nitrogens with zero attached hydrogens (tertiary/aromatic N) is 7. The van der Waals surface area contributed by atoms with Gasteiger partial charge in [-0.25, -0.2) is 15.0 Å². The molecule has 49 heavy (non-hydrogen) atoms. The average Bonchev–Trinajstić information content (AvgIpc) is 3.60. The summed E-state index contributed by atoms with van der Waals surface area (Å²) in [7, 11) is 3.34. The van der Waals surface area contributed by atoms with Crippen LogP contribution in [0, 0.1) is 0 Å². The first-order valence-corrected chi connectivity index (χ1v) is 16.7. The van der Waals surface area contributed by atoms with E-state index in [0.717, 1.165) is 57.4 Å². The van der Waals surface area contributed by atoms with Gasteiger partial charge in [0.05, 0.1) is 33.1 Å². The van der Waals surface area contributed by atoms with E-state index in [9.17, 15) is 0 Å². The summed E-state index contributed by atoms with van der Waals surface area (Å²) in [4.78, 5) is 26.4. The first kappa shape index (κ1) is 32.2. The van der Waals surface area contributed by atoms with Crippen molar-refractivity contribution in [3.8, 4) is 22.8 Å². The first-order valence-electron chi connectivity index (χ1n) is 16.3. The molecule has 1 fully saturated rings. The molecule has 0 atom stereocenters. The quantitative estimate of drug-likeness (QED) is 0.183. The van der Waals surface area contributed by atoms with E-state index in [1.807, 2.05) is 67.0 Å². The summed E-state index contributed by atoms with van der Waals surface area (Å²) in [6.07, 6.45) is 4.48. The molecule has 0 spiro atoms. The number of para-hydroxylation sites is 1. The van der Waals surface area contributed by atoms with Gasteiger partial charge >= 0.3 is 0 Å². The second-order valence-corrected chi connectivity index (χ2v) is 12.2. The van der Waals surface area contributed by atoms with E-state index in [4.69, 9.17) is 46.4 Å². The number of hydrogen-bond acceptors (Lipinski definition) is 10. The van der Waals surface area contributed by atoms with Crippen molar-refractivity contribution in [1.29, 1.82) is 0 Å². The lowest BCUT2D eigenvalue weighted by Crippen LogP contribution is -2.38. The first-order chi connectivity index (χ1) is 24.1. The van der Waals surface area contributed by atoms with E-state index in [1.54, 1.807) is 14.2 Å². The summed E-state index contributed by atoms with van der Waals surface area (Å²) >= 11 is 5.89. The molecular formula is C37H38N8O3S. The van der Waals surface area contributed by atoms with Crippen LogP contribution >= 0.6 is 12.2 Å². The minimum atomic E-state index is 0.599. The molecule has 0 aliphatic carbocycles. The predicted molar refractivity (Wildman–Crippen MR) is 196 cm³/mol. The second-order valence-electron chi connectivity index (χ2n) is 11.8. The van der Waals surface area contributed by atoms with Crippen LogP contribution in [0.5, 0.6) is 11.5 Å². The Morgan fingerprint density at radius 3 is 2.02 bits per heavy atom. The van der Waals surface area contributed by atoms with Crippen LogP contribution in [0.25, 0.3) is 11.3 Å². The van der Waals surface area contributed by atoms with E-state index in [2.05, 4.69) is 44.3 Å². The highest BCUT2D eigenvalue weighted by molar-refractivity contribution is 7.80. The molecular weight excluding hydrogens is 637 g/mol. The maximum Gasteiger partial charge on any atom is 0.228 e. The number of anilines is 4. The number of benzene rings is 3. The molecule has 0 radical (unpaired) electrons. The summed E-state index contributed by atoms with van der Waals surface area (Å²) in [6.45, 7) is 4.60. The number of thiocarbonyl (C=S) groups is 1. The molecule has 2 aliphatic heterocycles. The third-order valence-electron chi connectivity index (χ3n) is 8.64. The van der Waals surface area contributed by atoms with Gasteiger partial charge in [0.2, 0.25) is 11.9 Å². The van der Waals surface area contributed by atoms with Gasteiger partial charge < -0.3 is 34.2 Å². The summed E-state index contributed by atoms with van der Waals surface area (Å²) in [5.74, 6) is 3.70. The van der Waals surface area contributed by atoms with E-state index in [1.165, 1.54) is 0 Å². The lowest BCUT2D eigenvalue weighted by Gasteiger charge is -2.28. The molecule has 2 aliphatic rings. The fourth-order valence-corrected chi connectivity index (χ4v) is 6.30. The Kier molecular flexibility index (Phi) is 9.76. The van der Waals surface area contributed by atoms with E-state index < -0.39 is 0 Å². The smallest absolute Gasteiger partial charge is 0.228 e. The van der Waals surface area contributed by atoms with Crippen molar-refractivity contribution < 1.29 is 14.2 Å². The number of hydrogen-bond donors (Lipinski definition) is 1. The van der Waals surface area contributed by atoms with Crippen LogP contribution in [0.2, 0.25) is 0 Å². The molecule has 4 heterocycles. The fourth-order valence-electron chi connectivity index (χ4n) is 6.00. The van der Waals surface area contributed by atoms with Gasteiger partial charge in [-0.05, 0) is 66.2 Å². The van der Waals surface area contributed by atoms with E-state index >= 15 is 0 Å². The summed E-state index contributed by atoms with van der Waals surface area (Å²) < 4.78 is 16.4. The van der Waals surface area contributed by atoms with Crippen LogP contribution in [0.1, 0.15) is 16.7 Å². The monoisotopic (exact) mass is 674 g/mol. The number of aromatic nitrogens is 4. The highest BCUT2D eigenvalue weighted by Crippen LogP contribution is 2.36. The van der Waals surface area contributed by atoms with Gasteiger partial charge in [0.1, 0.15) is 17.3 Å². The third kappa shape index (κ3) is 7.40. The van der Waals surface area contributed by atoms with Gasteiger partial charge in [0, 0.05) is 61.9 Å². The van der Waals surface area contributed by atoms with Crippen molar-refractivity contribution in [2.45, 2.75) is 19.5 Å². The van der Waals surface area contributed by atoms with Crippen LogP contribution in [-0.4, -0.2) is 72.1 Å². The Labute approximate surface area is 291 Å². The second kappa shape index (κ2) is 14.8. The molecule has 3 aromatic carbocycles. The van der Waals surface area contributed by atoms with Crippen molar-refractivity contribution in [1.82, 2.24) is 19.9 Å². The highest BCUT2D eigenvalue weighted by atomic mass is 32.1. The lowest BCUT2D eigenvalue weighted by atomic mass is 10.1. The van der Waals surface area contributed by atoms with Gasteiger partial charge in [-0.3, -0.25) is 0 Å². The topological polar surface area (TPSA) is 101 Å². The van der Waals surface area contributed by atoms with Crippen LogP contribution in [0.15, 0.2) is 91.3 Å². The molecule has 1 N–H and O–H groups in total. The molecule has 5 aromatic rings. The largest absolute Gasteiger partial charge is 0.497 e. The van der Waals surface area contributed by atoms with Crippen molar-refractivity contribution in [3.63, 3.8) is 0 Å². The van der Waals surface area contributed by atoms with Gasteiger partial charge in [-0.1, -0.05) is 42.5 Å². The van der Waals surface area contributed by atoms with Gasteiger partial charge in [-0.15, -0.1) is 0 Å². The van der Waals surface area contributed by atoms with Crippen LogP contribution < -0.4 is 29.5 Å². The number of nitrogens with one attached hydrogen (secondary N) is 1. The number of fused-ring (bicyclic) bond motifs is 1. The molecule has 2 aromatic heterocycles. The van der Waals surface area contributed by atoms with E-state index in [-0.39, 0.29) is 0 Å². The zero-order valence-electron chi connectivity index (χ0n) is 27.6. The van der Waals surface area contributed by atoms with Gasteiger partial charge in [-0.2, -0.15) is 4.98 Å². The Morgan fingerprint density at radius 2 is 1.43 bits per heavy atom. The molecule has 0 unspecified atom stereocenters. The number of methoxy groups -OCH3 is 2. The maximum atomic E-state index is 5.89. The summed E-state index contributed by atoms with van der Waals surface area (Å²) in [5, 5.41) is 3.97. The molecule has 0 amide bonds. The van der Waals surface area contributed by atoms with Crippen molar-refractivity contribution in [2.75, 3.05) is 67.1 Å². The normalized spacial score (nSPS) is 13.9. The van der Waals surface area contributed by atoms with Crippen molar-refractivity contribution in [2.24, 2.45) is 0 Å². The Bertz CT molecular complexity index is 1820. The zero-order chi connectivity index (χ0) is 33.6. The molecule has 0 bridgehead atoms. The average molecular weight is 675 g/mol. The minimum Gasteiger partial charge on any atom is -0.497 e. The van der Waals surface area contributed by atoms with Crippen LogP contribution in [0.3, 0.4) is 0 Å². The Balaban J connectivity index is 1.21. The third-order valence-corrected chi connectivity index (χ3v) is 8.96. The molecule has 250 valence electrons. The van der Waals surface area contributed by atoms with Crippen molar-refractivity contribution >= 4 is 40.7 Å². The molecule has 11 nitrogen and oxygen atoms in total. The number of ether oxygens (including phenoxy) is 3. The van der Waals surface area contributed by atoms with Crippen LogP contribution in [-0.2, 0) is 24.2 Å². The molecule has 0 saturated carbocycles. The zero-order valence-corrected chi connectivity index (χ0v) is 28.4.